The second-order valence-electron chi connectivity index (χ2n) is 4.18. The molecule has 4 N–H and O–H groups in total. The van der Waals surface area contributed by atoms with Gasteiger partial charge in [-0.25, -0.2) is 4.79 Å². The van der Waals surface area contributed by atoms with E-state index in [2.05, 4.69) is 20.8 Å². The Balaban J connectivity index is 2.24. The zero-order valence-electron chi connectivity index (χ0n) is 10.4. The number of nitrogens with one attached hydrogen (secondary N) is 3. The van der Waals surface area contributed by atoms with Gasteiger partial charge in [0, 0.05) is 18.3 Å². The quantitative estimate of drug-likeness (QED) is 0.604. The van der Waals surface area contributed by atoms with Gasteiger partial charge in [0.2, 0.25) is 0 Å². The van der Waals surface area contributed by atoms with Gasteiger partial charge in [-0.2, -0.15) is 5.10 Å². The van der Waals surface area contributed by atoms with Crippen LogP contribution in [0.5, 0.6) is 0 Å². The molecular weight excluding hydrogens is 236 g/mol. The van der Waals surface area contributed by atoms with Gasteiger partial charge in [-0.05, 0) is 13.3 Å². The van der Waals surface area contributed by atoms with Crippen LogP contribution in [0.1, 0.15) is 31.9 Å². The average molecular weight is 254 g/mol. The molecule has 7 heteroatoms. The third-order valence-corrected chi connectivity index (χ3v) is 2.65. The first-order valence-electron chi connectivity index (χ1n) is 5.76. The summed E-state index contributed by atoms with van der Waals surface area (Å²) in [5.74, 6) is -1.32. The minimum atomic E-state index is -0.857. The molecule has 1 aromatic heterocycles. The van der Waals surface area contributed by atoms with E-state index >= 15 is 0 Å². The van der Waals surface area contributed by atoms with Gasteiger partial charge < -0.3 is 15.7 Å². The summed E-state index contributed by atoms with van der Waals surface area (Å²) >= 11 is 0. The number of carbonyl (C=O) groups excluding carboxylic acids is 1. The molecular formula is C11H18N4O3. The van der Waals surface area contributed by atoms with Crippen molar-refractivity contribution in [2.75, 3.05) is 6.54 Å². The number of nitrogens with zero attached hydrogens (tertiary/aromatic N) is 1. The molecule has 0 aliphatic carbocycles. The zero-order chi connectivity index (χ0) is 13.5. The van der Waals surface area contributed by atoms with E-state index in [1.807, 2.05) is 6.92 Å². The number of amides is 2. The molecule has 0 fully saturated rings. The minimum Gasteiger partial charge on any atom is -0.481 e. The van der Waals surface area contributed by atoms with Gasteiger partial charge >= 0.3 is 12.0 Å². The molecule has 0 aromatic carbocycles. The largest absolute Gasteiger partial charge is 0.481 e. The maximum Gasteiger partial charge on any atom is 0.315 e. The number of carboxylic acid groups (broad SMARTS) is 1. The Kier molecular flexibility index (Phi) is 5.16. The predicted octanol–water partition coefficient (Wildman–Crippen LogP) is 0.881. The van der Waals surface area contributed by atoms with Crippen molar-refractivity contribution in [2.45, 2.75) is 26.3 Å². The Hall–Kier alpha value is -2.05. The Bertz CT molecular complexity index is 391. The molecule has 0 saturated carbocycles. The van der Waals surface area contributed by atoms with Crippen LogP contribution in [0.15, 0.2) is 12.4 Å². The third kappa shape index (κ3) is 4.44. The van der Waals surface area contributed by atoms with Crippen LogP contribution in [-0.4, -0.2) is 33.8 Å². The van der Waals surface area contributed by atoms with Gasteiger partial charge in [0.15, 0.2) is 0 Å². The van der Waals surface area contributed by atoms with Crippen molar-refractivity contribution in [3.05, 3.63) is 18.0 Å². The molecule has 2 amide bonds. The summed E-state index contributed by atoms with van der Waals surface area (Å²) in [4.78, 5) is 22.1. The van der Waals surface area contributed by atoms with Crippen LogP contribution in [-0.2, 0) is 4.79 Å². The summed E-state index contributed by atoms with van der Waals surface area (Å²) < 4.78 is 0. The molecule has 2 unspecified atom stereocenters. The summed E-state index contributed by atoms with van der Waals surface area (Å²) in [6.45, 7) is 3.78. The van der Waals surface area contributed by atoms with Gasteiger partial charge in [0.05, 0.1) is 18.2 Å². The molecule has 1 heterocycles. The first-order chi connectivity index (χ1) is 8.50. The lowest BCUT2D eigenvalue weighted by atomic mass is 10.1. The molecule has 1 rings (SSSR count). The van der Waals surface area contributed by atoms with Gasteiger partial charge in [0.1, 0.15) is 0 Å². The van der Waals surface area contributed by atoms with Gasteiger partial charge in [-0.3, -0.25) is 9.89 Å². The smallest absolute Gasteiger partial charge is 0.315 e. The highest BCUT2D eigenvalue weighted by Crippen LogP contribution is 2.08. The van der Waals surface area contributed by atoms with E-state index in [4.69, 9.17) is 5.11 Å². The summed E-state index contributed by atoms with van der Waals surface area (Å²) in [5, 5.41) is 20.5. The molecule has 0 saturated heterocycles. The highest BCUT2D eigenvalue weighted by atomic mass is 16.4. The van der Waals surface area contributed by atoms with E-state index in [0.717, 1.165) is 5.56 Å². The molecule has 18 heavy (non-hydrogen) atoms. The van der Waals surface area contributed by atoms with Gasteiger partial charge in [-0.15, -0.1) is 0 Å². The van der Waals surface area contributed by atoms with Crippen molar-refractivity contribution in [3.8, 4) is 0 Å². The molecule has 0 aliphatic heterocycles. The Morgan fingerprint density at radius 2 is 2.22 bits per heavy atom. The first-order valence-corrected chi connectivity index (χ1v) is 5.76. The number of aliphatic carboxylic acids is 1. The van der Waals surface area contributed by atoms with Crippen LogP contribution >= 0.6 is 0 Å². The maximum atomic E-state index is 11.5. The molecule has 0 aliphatic rings. The molecule has 0 spiro atoms. The van der Waals surface area contributed by atoms with E-state index in [0.29, 0.717) is 13.0 Å². The topological polar surface area (TPSA) is 107 Å². The van der Waals surface area contributed by atoms with Crippen LogP contribution < -0.4 is 10.6 Å². The lowest BCUT2D eigenvalue weighted by Crippen LogP contribution is -2.38. The number of hydrogen-bond donors (Lipinski definition) is 4. The summed E-state index contributed by atoms with van der Waals surface area (Å²) in [6, 6.07) is -0.470. The molecule has 7 nitrogen and oxygen atoms in total. The summed E-state index contributed by atoms with van der Waals surface area (Å²) in [6.07, 6.45) is 3.75. The number of urea groups is 1. The van der Waals surface area contributed by atoms with E-state index < -0.39 is 11.9 Å². The van der Waals surface area contributed by atoms with Crippen LogP contribution in [0.2, 0.25) is 0 Å². The standard InChI is InChI=1S/C11H18N4O3/c1-7(10(16)17)3-4-12-11(18)15-8(2)9-5-13-14-6-9/h5-8H,3-4H2,1-2H3,(H,13,14)(H,16,17)(H2,12,15,18). The Morgan fingerprint density at radius 3 is 2.78 bits per heavy atom. The Morgan fingerprint density at radius 1 is 1.50 bits per heavy atom. The number of carboxylic acids is 1. The van der Waals surface area contributed by atoms with Crippen molar-refractivity contribution >= 4 is 12.0 Å². The summed E-state index contributed by atoms with van der Waals surface area (Å²) in [5.41, 5.74) is 0.879. The highest BCUT2D eigenvalue weighted by molar-refractivity contribution is 5.74. The van der Waals surface area contributed by atoms with Gasteiger partial charge in [-0.1, -0.05) is 6.92 Å². The third-order valence-electron chi connectivity index (χ3n) is 2.65. The van der Waals surface area contributed by atoms with Crippen LogP contribution in [0.25, 0.3) is 0 Å². The number of rotatable bonds is 6. The monoisotopic (exact) mass is 254 g/mol. The van der Waals surface area contributed by atoms with Gasteiger partial charge in [0.25, 0.3) is 0 Å². The fourth-order valence-electron chi connectivity index (χ4n) is 1.35. The average Bonchev–Trinajstić information content (AvgIpc) is 2.81. The fourth-order valence-corrected chi connectivity index (χ4v) is 1.35. The van der Waals surface area contributed by atoms with E-state index in [9.17, 15) is 9.59 Å². The lowest BCUT2D eigenvalue weighted by molar-refractivity contribution is -0.141. The zero-order valence-corrected chi connectivity index (χ0v) is 10.4. The molecule has 0 bridgehead atoms. The van der Waals surface area contributed by atoms with Crippen molar-refractivity contribution < 1.29 is 14.7 Å². The fraction of sp³-hybridized carbons (Fsp3) is 0.545. The lowest BCUT2D eigenvalue weighted by Gasteiger charge is -2.13. The van der Waals surface area contributed by atoms with E-state index in [-0.39, 0.29) is 12.1 Å². The SMILES string of the molecule is CC(CCNC(=O)NC(C)c1cn[nH]c1)C(=O)O. The molecule has 1 aromatic rings. The van der Waals surface area contributed by atoms with Crippen molar-refractivity contribution in [2.24, 2.45) is 5.92 Å². The predicted molar refractivity (Wildman–Crippen MR) is 65.0 cm³/mol. The normalized spacial score (nSPS) is 13.7. The minimum absolute atomic E-state index is 0.152. The van der Waals surface area contributed by atoms with Crippen molar-refractivity contribution in [1.29, 1.82) is 0 Å². The second-order valence-corrected chi connectivity index (χ2v) is 4.18. The van der Waals surface area contributed by atoms with E-state index in [1.165, 1.54) is 0 Å². The number of H-pyrrole nitrogens is 1. The molecule has 100 valence electrons. The van der Waals surface area contributed by atoms with Crippen LogP contribution in [0.3, 0.4) is 0 Å². The van der Waals surface area contributed by atoms with Crippen molar-refractivity contribution in [1.82, 2.24) is 20.8 Å². The maximum absolute atomic E-state index is 11.5. The number of hydrogen-bond acceptors (Lipinski definition) is 3. The summed E-state index contributed by atoms with van der Waals surface area (Å²) in [7, 11) is 0. The first kappa shape index (κ1) is 14.0. The van der Waals surface area contributed by atoms with E-state index in [1.54, 1.807) is 19.3 Å². The molecule has 2 atom stereocenters. The Labute approximate surface area is 105 Å². The number of aromatic amines is 1. The highest BCUT2D eigenvalue weighted by Gasteiger charge is 2.12. The van der Waals surface area contributed by atoms with Crippen LogP contribution in [0, 0.1) is 5.92 Å². The van der Waals surface area contributed by atoms with Crippen LogP contribution in [0.4, 0.5) is 4.79 Å². The molecule has 0 radical (unpaired) electrons. The second kappa shape index (κ2) is 6.63. The number of aromatic nitrogens is 2. The number of carbonyl (C=O) groups is 2. The van der Waals surface area contributed by atoms with Crippen molar-refractivity contribution in [3.63, 3.8) is 0 Å².